The zero-order valence-corrected chi connectivity index (χ0v) is 15.7. The smallest absolute Gasteiger partial charge is 0.191 e. The van der Waals surface area contributed by atoms with Crippen LogP contribution >= 0.6 is 22.9 Å². The zero-order chi connectivity index (χ0) is 18.2. The maximum Gasteiger partial charge on any atom is 0.191 e. The monoisotopic (exact) mass is 383 g/mol. The topological polar surface area (TPSA) is 86.1 Å². The van der Waals surface area contributed by atoms with Gasteiger partial charge in [-0.05, 0) is 37.3 Å². The molecule has 0 saturated heterocycles. The Labute approximate surface area is 156 Å². The lowest BCUT2D eigenvalue weighted by molar-refractivity contribution is 0.184. The summed E-state index contributed by atoms with van der Waals surface area (Å²) in [5.41, 5.74) is 0.655. The molecule has 6 nitrogen and oxygen atoms in total. The molecule has 1 unspecified atom stereocenters. The van der Waals surface area contributed by atoms with Gasteiger partial charge in [-0.15, -0.1) is 11.3 Å². The number of aromatic hydroxyl groups is 1. The Morgan fingerprint density at radius 1 is 1.32 bits per heavy atom. The number of hydrogen-bond donors (Lipinski definition) is 4. The Morgan fingerprint density at radius 3 is 2.76 bits per heavy atom. The molecule has 4 N–H and O–H groups in total. The Morgan fingerprint density at radius 2 is 2.12 bits per heavy atom. The molecule has 1 heterocycles. The molecule has 0 radical (unpaired) electrons. The summed E-state index contributed by atoms with van der Waals surface area (Å²) in [7, 11) is 1.57. The molecule has 0 bridgehead atoms. The molecule has 0 saturated carbocycles. The molecule has 0 aliphatic heterocycles. The first kappa shape index (κ1) is 19.4. The molecule has 1 atom stereocenters. The quantitative estimate of drug-likeness (QED) is 0.436. The van der Waals surface area contributed by atoms with Crippen LogP contribution in [0, 0.1) is 0 Å². The Balaban J connectivity index is 2.00. The highest BCUT2D eigenvalue weighted by Gasteiger charge is 2.11. The largest absolute Gasteiger partial charge is 0.508 e. The second kappa shape index (κ2) is 9.50. The number of aliphatic hydroxyl groups is 1. The zero-order valence-electron chi connectivity index (χ0n) is 14.1. The lowest BCUT2D eigenvalue weighted by Gasteiger charge is -2.14. The molecule has 2 rings (SSSR count). The van der Waals surface area contributed by atoms with Gasteiger partial charge in [-0.1, -0.05) is 11.6 Å². The van der Waals surface area contributed by atoms with E-state index < -0.39 is 6.10 Å². The number of aliphatic imine (C=N–C) groups is 1. The van der Waals surface area contributed by atoms with Crippen molar-refractivity contribution >= 4 is 28.9 Å². The molecule has 0 fully saturated rings. The van der Waals surface area contributed by atoms with Crippen LogP contribution in [0.5, 0.6) is 11.5 Å². The first-order valence-electron chi connectivity index (χ1n) is 7.84. The summed E-state index contributed by atoms with van der Waals surface area (Å²) in [5, 5.41) is 26.3. The van der Waals surface area contributed by atoms with Crippen LogP contribution in [-0.2, 0) is 6.54 Å². The number of phenolic OH excluding ortho intramolecular Hbond substituents is 1. The third-order valence-corrected chi connectivity index (χ3v) is 4.76. The van der Waals surface area contributed by atoms with E-state index in [0.717, 1.165) is 4.88 Å². The highest BCUT2D eigenvalue weighted by molar-refractivity contribution is 7.16. The molecule has 0 spiro atoms. The van der Waals surface area contributed by atoms with Gasteiger partial charge in [0.1, 0.15) is 17.6 Å². The van der Waals surface area contributed by atoms with Crippen molar-refractivity contribution in [3.63, 3.8) is 0 Å². The number of ether oxygens (including phenoxy) is 1. The van der Waals surface area contributed by atoms with Gasteiger partial charge < -0.3 is 25.6 Å². The van der Waals surface area contributed by atoms with Crippen molar-refractivity contribution in [3.05, 3.63) is 45.1 Å². The number of nitrogens with zero attached hydrogens (tertiary/aromatic N) is 1. The molecule has 2 aromatic rings. The molecule has 1 aromatic heterocycles. The number of phenols is 1. The minimum absolute atomic E-state index is 0.161. The Hall–Kier alpha value is -1.96. The molecule has 25 heavy (non-hydrogen) atoms. The number of methoxy groups -OCH3 is 1. The van der Waals surface area contributed by atoms with Crippen molar-refractivity contribution < 1.29 is 14.9 Å². The standard InChI is InChI=1S/C17H22ClN3O3S/c1-3-19-17(21-10-14(23)15-6-7-16(18)25-15)20-9-11-8-12(24-2)4-5-13(11)22/h4-8,14,22-23H,3,9-10H2,1-2H3,(H2,19,20,21). The fourth-order valence-electron chi connectivity index (χ4n) is 2.12. The van der Waals surface area contributed by atoms with Gasteiger partial charge in [-0.25, -0.2) is 4.99 Å². The fourth-order valence-corrected chi connectivity index (χ4v) is 3.17. The average Bonchev–Trinajstić information content (AvgIpc) is 3.05. The summed E-state index contributed by atoms with van der Waals surface area (Å²) in [6.45, 7) is 3.21. The van der Waals surface area contributed by atoms with Crippen molar-refractivity contribution in [1.29, 1.82) is 0 Å². The SMILES string of the molecule is CCNC(=NCc1cc(OC)ccc1O)NCC(O)c1ccc(Cl)s1. The normalized spacial score (nSPS) is 12.7. The van der Waals surface area contributed by atoms with E-state index in [1.807, 2.05) is 6.92 Å². The van der Waals surface area contributed by atoms with E-state index >= 15 is 0 Å². The Bertz CT molecular complexity index is 721. The number of hydrogen-bond acceptors (Lipinski definition) is 5. The predicted octanol–water partition coefficient (Wildman–Crippen LogP) is 2.90. The van der Waals surface area contributed by atoms with Gasteiger partial charge in [0.25, 0.3) is 0 Å². The van der Waals surface area contributed by atoms with Gasteiger partial charge >= 0.3 is 0 Å². The first-order chi connectivity index (χ1) is 12.0. The average molecular weight is 384 g/mol. The molecule has 0 amide bonds. The fraction of sp³-hybridized carbons (Fsp3) is 0.353. The van der Waals surface area contributed by atoms with Crippen LogP contribution in [0.2, 0.25) is 4.34 Å². The number of halogens is 1. The van der Waals surface area contributed by atoms with Crippen LogP contribution in [0.4, 0.5) is 0 Å². The summed E-state index contributed by atoms with van der Waals surface area (Å²) in [4.78, 5) is 5.23. The van der Waals surface area contributed by atoms with Crippen LogP contribution in [0.15, 0.2) is 35.3 Å². The molecule has 8 heteroatoms. The molecule has 136 valence electrons. The highest BCUT2D eigenvalue weighted by Crippen LogP contribution is 2.26. The maximum absolute atomic E-state index is 10.2. The second-order valence-corrected chi connectivity index (χ2v) is 6.98. The molecule has 0 aliphatic rings. The van der Waals surface area contributed by atoms with E-state index in [2.05, 4.69) is 15.6 Å². The van der Waals surface area contributed by atoms with Gasteiger partial charge in [-0.2, -0.15) is 0 Å². The predicted molar refractivity (Wildman–Crippen MR) is 102 cm³/mol. The van der Waals surface area contributed by atoms with Crippen molar-refractivity contribution in [3.8, 4) is 11.5 Å². The number of rotatable bonds is 7. The third kappa shape index (κ3) is 5.81. The van der Waals surface area contributed by atoms with E-state index in [9.17, 15) is 10.2 Å². The maximum atomic E-state index is 10.2. The lowest BCUT2D eigenvalue weighted by atomic mass is 10.2. The number of thiophene rings is 1. The molecular formula is C17H22ClN3O3S. The summed E-state index contributed by atoms with van der Waals surface area (Å²) in [6, 6.07) is 8.57. The summed E-state index contributed by atoms with van der Waals surface area (Å²) in [6.07, 6.45) is -0.674. The summed E-state index contributed by atoms with van der Waals surface area (Å²) in [5.74, 6) is 1.37. The van der Waals surface area contributed by atoms with Crippen molar-refractivity contribution in [1.82, 2.24) is 10.6 Å². The molecular weight excluding hydrogens is 362 g/mol. The number of aliphatic hydroxyl groups excluding tert-OH is 1. The van der Waals surface area contributed by atoms with Gasteiger partial charge in [0.05, 0.1) is 18.0 Å². The second-order valence-electron chi connectivity index (χ2n) is 5.23. The van der Waals surface area contributed by atoms with E-state index in [1.54, 1.807) is 37.4 Å². The van der Waals surface area contributed by atoms with Gasteiger partial charge in [0.2, 0.25) is 0 Å². The van der Waals surface area contributed by atoms with Crippen molar-refractivity contribution in [2.24, 2.45) is 4.99 Å². The number of nitrogens with one attached hydrogen (secondary N) is 2. The van der Waals surface area contributed by atoms with Gasteiger partial charge in [0.15, 0.2) is 5.96 Å². The van der Waals surface area contributed by atoms with E-state index in [0.29, 0.717) is 34.7 Å². The first-order valence-corrected chi connectivity index (χ1v) is 9.04. The van der Waals surface area contributed by atoms with Crippen LogP contribution < -0.4 is 15.4 Å². The van der Waals surface area contributed by atoms with E-state index in [1.165, 1.54) is 11.3 Å². The van der Waals surface area contributed by atoms with E-state index in [4.69, 9.17) is 16.3 Å². The number of guanidine groups is 1. The van der Waals surface area contributed by atoms with Crippen LogP contribution in [0.25, 0.3) is 0 Å². The van der Waals surface area contributed by atoms with Gasteiger partial charge in [0, 0.05) is 23.5 Å². The minimum atomic E-state index is -0.674. The summed E-state index contributed by atoms with van der Waals surface area (Å²) < 4.78 is 5.80. The van der Waals surface area contributed by atoms with E-state index in [-0.39, 0.29) is 12.3 Å². The Kier molecular flexibility index (Phi) is 7.36. The summed E-state index contributed by atoms with van der Waals surface area (Å²) >= 11 is 7.24. The van der Waals surface area contributed by atoms with Crippen LogP contribution in [-0.4, -0.2) is 36.4 Å². The molecule has 0 aliphatic carbocycles. The van der Waals surface area contributed by atoms with Crippen molar-refractivity contribution in [2.75, 3.05) is 20.2 Å². The van der Waals surface area contributed by atoms with Crippen LogP contribution in [0.3, 0.4) is 0 Å². The lowest BCUT2D eigenvalue weighted by Crippen LogP contribution is -2.39. The highest BCUT2D eigenvalue weighted by atomic mass is 35.5. The number of benzene rings is 1. The van der Waals surface area contributed by atoms with Crippen molar-refractivity contribution in [2.45, 2.75) is 19.6 Å². The molecule has 1 aromatic carbocycles. The third-order valence-electron chi connectivity index (χ3n) is 3.42. The minimum Gasteiger partial charge on any atom is -0.508 e. The van der Waals surface area contributed by atoms with Gasteiger partial charge in [-0.3, -0.25) is 0 Å². The van der Waals surface area contributed by atoms with Crippen LogP contribution in [0.1, 0.15) is 23.5 Å².